The van der Waals surface area contributed by atoms with E-state index in [2.05, 4.69) is 25.1 Å². The molecule has 3 aromatic rings. The molecule has 0 atom stereocenters. The van der Waals surface area contributed by atoms with E-state index in [1.807, 2.05) is 18.2 Å². The number of halogens is 3. The maximum absolute atomic E-state index is 13.5. The van der Waals surface area contributed by atoms with E-state index in [9.17, 15) is 13.2 Å². The minimum absolute atomic E-state index is 0.353. The molecule has 0 spiro atoms. The van der Waals surface area contributed by atoms with E-state index in [1.165, 1.54) is 16.7 Å². The average Bonchev–Trinajstić information content (AvgIpc) is 2.64. The molecule has 0 bridgehead atoms. The summed E-state index contributed by atoms with van der Waals surface area (Å²) in [6.07, 6.45) is 2.85. The van der Waals surface area contributed by atoms with Crippen molar-refractivity contribution in [2.75, 3.05) is 0 Å². The van der Waals surface area contributed by atoms with Crippen molar-refractivity contribution in [1.82, 2.24) is 0 Å². The molecule has 0 heterocycles. The first-order chi connectivity index (χ1) is 12.1. The van der Waals surface area contributed by atoms with Crippen molar-refractivity contribution in [3.8, 4) is 22.3 Å². The second-order valence-corrected chi connectivity index (χ2v) is 6.47. The molecule has 0 N–H and O–H groups in total. The Balaban J connectivity index is 1.79. The highest BCUT2D eigenvalue weighted by Gasteiger charge is 2.18. The van der Waals surface area contributed by atoms with E-state index in [-0.39, 0.29) is 0 Å². The second-order valence-electron chi connectivity index (χ2n) is 6.47. The maximum atomic E-state index is 13.5. The first-order valence-corrected chi connectivity index (χ1v) is 8.47. The van der Waals surface area contributed by atoms with Crippen LogP contribution >= 0.6 is 0 Å². The van der Waals surface area contributed by atoms with Crippen LogP contribution in [-0.4, -0.2) is 0 Å². The maximum Gasteiger partial charge on any atom is 0.194 e. The van der Waals surface area contributed by atoms with Gasteiger partial charge < -0.3 is 0 Å². The zero-order valence-corrected chi connectivity index (χ0v) is 13.9. The first kappa shape index (κ1) is 15.9. The minimum atomic E-state index is -1.43. The third-order valence-electron chi connectivity index (χ3n) is 4.95. The Labute approximate surface area is 144 Å². The number of benzene rings is 3. The Morgan fingerprint density at radius 1 is 0.720 bits per heavy atom. The fraction of sp³-hybridized carbons (Fsp3) is 0.182. The van der Waals surface area contributed by atoms with Gasteiger partial charge in [-0.05, 0) is 70.3 Å². The van der Waals surface area contributed by atoms with Gasteiger partial charge in [0.05, 0.1) is 0 Å². The van der Waals surface area contributed by atoms with Gasteiger partial charge in [0.15, 0.2) is 17.5 Å². The standard InChI is InChI=1S/C22H17F3/c1-2-13-3-7-18-15(9-13)4-5-16-10-14(6-8-19(16)18)17-11-20(23)22(25)21(24)12-17/h3,6-12H,2,4-5H2,1H3. The second kappa shape index (κ2) is 6.07. The molecule has 0 saturated carbocycles. The summed E-state index contributed by atoms with van der Waals surface area (Å²) < 4.78 is 40.2. The first-order valence-electron chi connectivity index (χ1n) is 8.47. The van der Waals surface area contributed by atoms with Crippen LogP contribution in [0.3, 0.4) is 0 Å². The summed E-state index contributed by atoms with van der Waals surface area (Å²) in [5.74, 6) is -3.75. The zero-order chi connectivity index (χ0) is 17.6. The van der Waals surface area contributed by atoms with Gasteiger partial charge in [0, 0.05) is 0 Å². The van der Waals surface area contributed by atoms with E-state index < -0.39 is 17.5 Å². The van der Waals surface area contributed by atoms with E-state index in [1.54, 1.807) is 0 Å². The molecule has 0 radical (unpaired) electrons. The number of rotatable bonds is 2. The smallest absolute Gasteiger partial charge is 0.194 e. The van der Waals surface area contributed by atoms with Crippen molar-refractivity contribution in [2.45, 2.75) is 26.2 Å². The number of hydrogen-bond acceptors (Lipinski definition) is 0. The van der Waals surface area contributed by atoms with Crippen LogP contribution in [0.25, 0.3) is 22.3 Å². The Kier molecular flexibility index (Phi) is 3.87. The minimum Gasteiger partial charge on any atom is -0.204 e. The lowest BCUT2D eigenvalue weighted by molar-refractivity contribution is 0.447. The zero-order valence-electron chi connectivity index (χ0n) is 13.9. The van der Waals surface area contributed by atoms with Gasteiger partial charge in [0.2, 0.25) is 0 Å². The molecule has 1 aliphatic carbocycles. The van der Waals surface area contributed by atoms with Crippen molar-refractivity contribution in [3.63, 3.8) is 0 Å². The fourth-order valence-corrected chi connectivity index (χ4v) is 3.57. The van der Waals surface area contributed by atoms with E-state index in [0.717, 1.165) is 42.5 Å². The molecule has 3 heteroatoms. The van der Waals surface area contributed by atoms with E-state index >= 15 is 0 Å². The summed E-state index contributed by atoms with van der Waals surface area (Å²) in [5, 5.41) is 0. The van der Waals surface area contributed by atoms with Crippen LogP contribution in [0.2, 0.25) is 0 Å². The predicted molar refractivity (Wildman–Crippen MR) is 94.0 cm³/mol. The van der Waals surface area contributed by atoms with Gasteiger partial charge in [0.25, 0.3) is 0 Å². The van der Waals surface area contributed by atoms with Crippen LogP contribution in [0.4, 0.5) is 13.2 Å². The Morgan fingerprint density at radius 3 is 1.96 bits per heavy atom. The highest BCUT2D eigenvalue weighted by molar-refractivity contribution is 5.77. The SMILES string of the molecule is CCc1ccc2c(c1)CCc1cc(-c3cc(F)c(F)c(F)c3)ccc1-2. The molecule has 25 heavy (non-hydrogen) atoms. The summed E-state index contributed by atoms with van der Waals surface area (Å²) in [4.78, 5) is 0. The van der Waals surface area contributed by atoms with E-state index in [4.69, 9.17) is 0 Å². The molecule has 0 unspecified atom stereocenters. The topological polar surface area (TPSA) is 0 Å². The summed E-state index contributed by atoms with van der Waals surface area (Å²) in [7, 11) is 0. The van der Waals surface area contributed by atoms with Crippen molar-refractivity contribution in [1.29, 1.82) is 0 Å². The van der Waals surface area contributed by atoms with Gasteiger partial charge in [-0.2, -0.15) is 0 Å². The van der Waals surface area contributed by atoms with Crippen molar-refractivity contribution in [2.24, 2.45) is 0 Å². The Hall–Kier alpha value is -2.55. The van der Waals surface area contributed by atoms with Crippen molar-refractivity contribution in [3.05, 3.63) is 82.7 Å². The number of aryl methyl sites for hydroxylation is 3. The highest BCUT2D eigenvalue weighted by atomic mass is 19.2. The van der Waals surface area contributed by atoms with Crippen LogP contribution in [0.1, 0.15) is 23.6 Å². The molecule has 0 saturated heterocycles. The quantitative estimate of drug-likeness (QED) is 0.495. The van der Waals surface area contributed by atoms with Crippen molar-refractivity contribution >= 4 is 0 Å². The molecule has 0 fully saturated rings. The van der Waals surface area contributed by atoms with Gasteiger partial charge >= 0.3 is 0 Å². The molecule has 0 nitrogen and oxygen atoms in total. The molecule has 0 amide bonds. The predicted octanol–water partition coefficient (Wildman–Crippen LogP) is 6.10. The molecular formula is C22H17F3. The lowest BCUT2D eigenvalue weighted by atomic mass is 9.83. The summed E-state index contributed by atoms with van der Waals surface area (Å²) in [5.41, 5.74) is 7.27. The van der Waals surface area contributed by atoms with Gasteiger partial charge in [-0.15, -0.1) is 0 Å². The number of hydrogen-bond donors (Lipinski definition) is 0. The normalized spacial score (nSPS) is 12.6. The van der Waals surface area contributed by atoms with Crippen LogP contribution in [0.5, 0.6) is 0 Å². The molecule has 4 rings (SSSR count). The Bertz CT molecular complexity index is 950. The largest absolute Gasteiger partial charge is 0.204 e. The molecule has 1 aliphatic rings. The summed E-state index contributed by atoms with van der Waals surface area (Å²) in [6.45, 7) is 2.14. The lowest BCUT2D eigenvalue weighted by Gasteiger charge is -2.21. The summed E-state index contributed by atoms with van der Waals surface area (Å²) >= 11 is 0. The van der Waals surface area contributed by atoms with Crippen LogP contribution in [0.15, 0.2) is 48.5 Å². The fourth-order valence-electron chi connectivity index (χ4n) is 3.57. The summed E-state index contributed by atoms with van der Waals surface area (Å²) in [6, 6.07) is 14.4. The van der Waals surface area contributed by atoms with Gasteiger partial charge in [-0.25, -0.2) is 13.2 Å². The molecule has 126 valence electrons. The monoisotopic (exact) mass is 338 g/mol. The molecule has 3 aromatic carbocycles. The van der Waals surface area contributed by atoms with E-state index in [0.29, 0.717) is 11.1 Å². The van der Waals surface area contributed by atoms with Gasteiger partial charge in [-0.3, -0.25) is 0 Å². The average molecular weight is 338 g/mol. The number of fused-ring (bicyclic) bond motifs is 3. The van der Waals surface area contributed by atoms with Gasteiger partial charge in [-0.1, -0.05) is 43.3 Å². The van der Waals surface area contributed by atoms with Gasteiger partial charge in [0.1, 0.15) is 0 Å². The Morgan fingerprint density at radius 2 is 1.32 bits per heavy atom. The highest BCUT2D eigenvalue weighted by Crippen LogP contribution is 2.36. The third kappa shape index (κ3) is 2.74. The lowest BCUT2D eigenvalue weighted by Crippen LogP contribution is -2.05. The van der Waals surface area contributed by atoms with Crippen molar-refractivity contribution < 1.29 is 13.2 Å². The van der Waals surface area contributed by atoms with Crippen LogP contribution in [-0.2, 0) is 19.3 Å². The molecular weight excluding hydrogens is 321 g/mol. The third-order valence-corrected chi connectivity index (χ3v) is 4.95. The van der Waals surface area contributed by atoms with Crippen LogP contribution in [0, 0.1) is 17.5 Å². The van der Waals surface area contributed by atoms with Crippen LogP contribution < -0.4 is 0 Å². The molecule has 0 aliphatic heterocycles. The molecule has 0 aromatic heterocycles.